The molecule has 4 rings (SSSR count). The SMILES string of the molecule is COc1cc(/C=C2/C(=O)N(c3ccccc3)N=C2C)ccc1OCc1ccccc1C#N. The van der Waals surface area contributed by atoms with Crippen molar-refractivity contribution in [3.63, 3.8) is 0 Å². The molecule has 0 fully saturated rings. The first-order valence-corrected chi connectivity index (χ1v) is 10.1. The van der Waals surface area contributed by atoms with E-state index in [4.69, 9.17) is 9.47 Å². The van der Waals surface area contributed by atoms with Gasteiger partial charge in [0.2, 0.25) is 0 Å². The highest BCUT2D eigenvalue weighted by molar-refractivity contribution is 6.32. The highest BCUT2D eigenvalue weighted by Gasteiger charge is 2.28. The Morgan fingerprint density at radius 3 is 2.53 bits per heavy atom. The molecule has 158 valence electrons. The Labute approximate surface area is 186 Å². The van der Waals surface area contributed by atoms with E-state index >= 15 is 0 Å². The van der Waals surface area contributed by atoms with Crippen LogP contribution in [0.4, 0.5) is 5.69 Å². The fourth-order valence-electron chi connectivity index (χ4n) is 3.40. The van der Waals surface area contributed by atoms with Crippen LogP contribution >= 0.6 is 0 Å². The van der Waals surface area contributed by atoms with E-state index in [1.54, 1.807) is 25.3 Å². The van der Waals surface area contributed by atoms with E-state index in [9.17, 15) is 10.1 Å². The number of benzene rings is 3. The average Bonchev–Trinajstić information content (AvgIpc) is 3.12. The summed E-state index contributed by atoms with van der Waals surface area (Å²) in [5.74, 6) is 0.909. The van der Waals surface area contributed by atoms with Crippen LogP contribution in [0.25, 0.3) is 6.08 Å². The Morgan fingerprint density at radius 1 is 1.03 bits per heavy atom. The number of hydrazone groups is 1. The van der Waals surface area contributed by atoms with Gasteiger partial charge < -0.3 is 9.47 Å². The van der Waals surface area contributed by atoms with Crippen LogP contribution in [-0.2, 0) is 11.4 Å². The summed E-state index contributed by atoms with van der Waals surface area (Å²) in [5.41, 5.74) is 4.05. The van der Waals surface area contributed by atoms with Crippen molar-refractivity contribution in [1.29, 1.82) is 5.26 Å². The molecule has 0 N–H and O–H groups in total. The standard InChI is InChI=1S/C26H21N3O3/c1-18-23(26(30)29(28-18)22-10-4-3-5-11-22)14-19-12-13-24(25(15-19)31-2)32-17-21-9-7-6-8-20(21)16-27/h3-15H,17H2,1-2H3/b23-14+. The van der Waals surface area contributed by atoms with E-state index in [-0.39, 0.29) is 12.5 Å². The maximum Gasteiger partial charge on any atom is 0.280 e. The van der Waals surface area contributed by atoms with Crippen LogP contribution < -0.4 is 14.5 Å². The van der Waals surface area contributed by atoms with Crippen LogP contribution in [0.2, 0.25) is 0 Å². The number of carbonyl (C=O) groups is 1. The number of hydrogen-bond donors (Lipinski definition) is 0. The number of amides is 1. The molecule has 0 saturated heterocycles. The molecule has 0 radical (unpaired) electrons. The fourth-order valence-corrected chi connectivity index (χ4v) is 3.40. The van der Waals surface area contributed by atoms with E-state index in [2.05, 4.69) is 11.2 Å². The number of anilines is 1. The molecule has 0 unspecified atom stereocenters. The van der Waals surface area contributed by atoms with Crippen molar-refractivity contribution in [2.24, 2.45) is 5.10 Å². The maximum atomic E-state index is 12.9. The second-order valence-corrected chi connectivity index (χ2v) is 7.16. The minimum atomic E-state index is -0.180. The predicted molar refractivity (Wildman–Crippen MR) is 123 cm³/mol. The second-order valence-electron chi connectivity index (χ2n) is 7.16. The summed E-state index contributed by atoms with van der Waals surface area (Å²) in [6.45, 7) is 2.06. The van der Waals surface area contributed by atoms with Gasteiger partial charge in [-0.3, -0.25) is 4.79 Å². The summed E-state index contributed by atoms with van der Waals surface area (Å²) in [4.78, 5) is 12.9. The molecule has 1 aliphatic heterocycles. The predicted octanol–water partition coefficient (Wildman–Crippen LogP) is 4.95. The molecule has 1 heterocycles. The highest BCUT2D eigenvalue weighted by Crippen LogP contribution is 2.31. The van der Waals surface area contributed by atoms with Crippen LogP contribution in [0.5, 0.6) is 11.5 Å². The third-order valence-corrected chi connectivity index (χ3v) is 5.08. The summed E-state index contributed by atoms with van der Waals surface area (Å²) >= 11 is 0. The third kappa shape index (κ3) is 4.23. The molecule has 3 aromatic carbocycles. The molecule has 0 bridgehead atoms. The van der Waals surface area contributed by atoms with E-state index in [0.717, 1.165) is 16.8 Å². The molecule has 32 heavy (non-hydrogen) atoms. The number of carbonyl (C=O) groups excluding carboxylic acids is 1. The van der Waals surface area contributed by atoms with Gasteiger partial charge in [-0.05, 0) is 48.9 Å². The molecule has 0 aromatic heterocycles. The number of nitriles is 1. The minimum absolute atomic E-state index is 0.180. The lowest BCUT2D eigenvalue weighted by Crippen LogP contribution is -2.21. The van der Waals surface area contributed by atoms with E-state index in [1.807, 2.05) is 67.6 Å². The monoisotopic (exact) mass is 423 g/mol. The summed E-state index contributed by atoms with van der Waals surface area (Å²) < 4.78 is 11.4. The lowest BCUT2D eigenvalue weighted by atomic mass is 10.1. The smallest absolute Gasteiger partial charge is 0.280 e. The zero-order valence-corrected chi connectivity index (χ0v) is 17.8. The van der Waals surface area contributed by atoms with Gasteiger partial charge in [0.1, 0.15) is 6.61 Å². The molecule has 0 saturated carbocycles. The summed E-state index contributed by atoms with van der Waals surface area (Å²) in [6, 6.07) is 24.2. The van der Waals surface area contributed by atoms with Gasteiger partial charge in [-0.15, -0.1) is 0 Å². The van der Waals surface area contributed by atoms with Crippen LogP contribution in [0.3, 0.4) is 0 Å². The lowest BCUT2D eigenvalue weighted by molar-refractivity contribution is -0.114. The van der Waals surface area contributed by atoms with Crippen molar-refractivity contribution < 1.29 is 14.3 Å². The normalized spacial score (nSPS) is 14.3. The van der Waals surface area contributed by atoms with Crippen molar-refractivity contribution >= 4 is 23.4 Å². The van der Waals surface area contributed by atoms with Gasteiger partial charge in [-0.2, -0.15) is 15.4 Å². The molecule has 6 nitrogen and oxygen atoms in total. The number of para-hydroxylation sites is 1. The van der Waals surface area contributed by atoms with Crippen LogP contribution in [0.15, 0.2) is 83.5 Å². The fraction of sp³-hybridized carbons (Fsp3) is 0.115. The van der Waals surface area contributed by atoms with Crippen molar-refractivity contribution in [3.05, 3.63) is 95.1 Å². The van der Waals surface area contributed by atoms with Gasteiger partial charge >= 0.3 is 0 Å². The molecule has 1 amide bonds. The molecule has 1 aliphatic rings. The first-order valence-electron chi connectivity index (χ1n) is 10.1. The first-order chi connectivity index (χ1) is 15.6. The number of rotatable bonds is 6. The number of methoxy groups -OCH3 is 1. The Hall–Kier alpha value is -4.37. The average molecular weight is 423 g/mol. The quantitative estimate of drug-likeness (QED) is 0.526. The van der Waals surface area contributed by atoms with Crippen molar-refractivity contribution in [1.82, 2.24) is 0 Å². The molecule has 0 spiro atoms. The number of hydrogen-bond acceptors (Lipinski definition) is 5. The molecule has 3 aromatic rings. The number of ether oxygens (including phenoxy) is 2. The Balaban J connectivity index is 1.55. The van der Waals surface area contributed by atoms with Gasteiger partial charge in [-0.25, -0.2) is 0 Å². The van der Waals surface area contributed by atoms with Crippen molar-refractivity contribution in [3.8, 4) is 17.6 Å². The Kier molecular flexibility index (Phi) is 6.00. The van der Waals surface area contributed by atoms with Crippen molar-refractivity contribution in [2.45, 2.75) is 13.5 Å². The molecule has 6 heteroatoms. The van der Waals surface area contributed by atoms with Gasteiger partial charge in [0, 0.05) is 5.56 Å². The van der Waals surface area contributed by atoms with Gasteiger partial charge in [0.15, 0.2) is 11.5 Å². The first kappa shape index (κ1) is 20.9. The third-order valence-electron chi connectivity index (χ3n) is 5.08. The zero-order chi connectivity index (χ0) is 22.5. The van der Waals surface area contributed by atoms with E-state index in [1.165, 1.54) is 5.01 Å². The molecule has 0 aliphatic carbocycles. The lowest BCUT2D eigenvalue weighted by Gasteiger charge is -2.13. The maximum absolute atomic E-state index is 12.9. The van der Waals surface area contributed by atoms with Gasteiger partial charge in [0.25, 0.3) is 5.91 Å². The van der Waals surface area contributed by atoms with Gasteiger partial charge in [-0.1, -0.05) is 42.5 Å². The molecule has 0 atom stereocenters. The topological polar surface area (TPSA) is 74.9 Å². The summed E-state index contributed by atoms with van der Waals surface area (Å²) in [7, 11) is 1.56. The molecular formula is C26H21N3O3. The highest BCUT2D eigenvalue weighted by atomic mass is 16.5. The Bertz CT molecular complexity index is 1260. The second kappa shape index (κ2) is 9.19. The largest absolute Gasteiger partial charge is 0.493 e. The van der Waals surface area contributed by atoms with Crippen LogP contribution in [0.1, 0.15) is 23.6 Å². The minimum Gasteiger partial charge on any atom is -0.493 e. The van der Waals surface area contributed by atoms with Gasteiger partial charge in [0.05, 0.1) is 35.7 Å². The Morgan fingerprint density at radius 2 is 1.78 bits per heavy atom. The summed E-state index contributed by atoms with van der Waals surface area (Å²) in [5, 5.41) is 15.1. The van der Waals surface area contributed by atoms with E-state index < -0.39 is 0 Å². The summed E-state index contributed by atoms with van der Waals surface area (Å²) in [6.07, 6.45) is 1.79. The van der Waals surface area contributed by atoms with Crippen LogP contribution in [-0.4, -0.2) is 18.7 Å². The molecular weight excluding hydrogens is 402 g/mol. The van der Waals surface area contributed by atoms with E-state index in [0.29, 0.717) is 28.3 Å². The zero-order valence-electron chi connectivity index (χ0n) is 17.8. The number of nitrogens with zero attached hydrogens (tertiary/aromatic N) is 3. The van der Waals surface area contributed by atoms with Crippen LogP contribution in [0, 0.1) is 11.3 Å². The van der Waals surface area contributed by atoms with Crippen molar-refractivity contribution in [2.75, 3.05) is 12.1 Å².